The van der Waals surface area contributed by atoms with Crippen molar-refractivity contribution in [1.82, 2.24) is 0 Å². The molecular weight excluding hydrogens is 364 g/mol. The topological polar surface area (TPSA) is 17.1 Å². The van der Waals surface area contributed by atoms with Crippen LogP contribution in [0.25, 0.3) is 0 Å². The molecule has 0 bridgehead atoms. The second-order valence-corrected chi connectivity index (χ2v) is 11.4. The summed E-state index contributed by atoms with van der Waals surface area (Å²) in [4.78, 5) is 12.0. The second-order valence-electron chi connectivity index (χ2n) is 11.4. The Kier molecular flexibility index (Phi) is 5.79. The van der Waals surface area contributed by atoms with E-state index < -0.39 is 0 Å². The van der Waals surface area contributed by atoms with Gasteiger partial charge in [-0.1, -0.05) is 64.0 Å². The number of fused-ring (bicyclic) bond motifs is 4. The van der Waals surface area contributed by atoms with Crippen molar-refractivity contribution >= 4 is 5.78 Å². The zero-order valence-electron chi connectivity index (χ0n) is 20.2. The van der Waals surface area contributed by atoms with Gasteiger partial charge in [0.15, 0.2) is 5.78 Å². The van der Waals surface area contributed by atoms with Crippen molar-refractivity contribution in [3.8, 4) is 0 Å². The molecule has 1 saturated carbocycles. The molecule has 1 nitrogen and oxygen atoms in total. The summed E-state index contributed by atoms with van der Waals surface area (Å²) >= 11 is 0. The smallest absolute Gasteiger partial charge is 0.156 e. The summed E-state index contributed by atoms with van der Waals surface area (Å²) in [5.41, 5.74) is 6.91. The molecule has 4 rings (SSSR count). The third-order valence-electron chi connectivity index (χ3n) is 9.66. The minimum atomic E-state index is 0.175. The SMILES string of the molecule is CC=C(CCC(C)C1CCC2=C3C=CC4=CC(=O)CCC4(C)C3CCC21C)C(C)C. The molecule has 164 valence electrons. The third kappa shape index (κ3) is 3.41. The Morgan fingerprint density at radius 2 is 1.87 bits per heavy atom. The number of carbonyl (C=O) groups is 1. The fourth-order valence-electron chi connectivity index (χ4n) is 7.63. The maximum Gasteiger partial charge on any atom is 0.156 e. The Labute approximate surface area is 184 Å². The van der Waals surface area contributed by atoms with E-state index in [2.05, 4.69) is 59.8 Å². The number of ketones is 1. The van der Waals surface area contributed by atoms with E-state index in [0.717, 1.165) is 24.7 Å². The molecule has 1 fully saturated rings. The van der Waals surface area contributed by atoms with Gasteiger partial charge >= 0.3 is 0 Å². The fraction of sp³-hybridized carbons (Fsp3) is 0.690. The molecule has 4 aliphatic rings. The number of allylic oxidation sites excluding steroid dienone is 8. The van der Waals surface area contributed by atoms with Crippen molar-refractivity contribution in [2.45, 2.75) is 92.9 Å². The summed E-state index contributed by atoms with van der Waals surface area (Å²) < 4.78 is 0. The lowest BCUT2D eigenvalue weighted by molar-refractivity contribution is -0.116. The van der Waals surface area contributed by atoms with E-state index in [0.29, 0.717) is 23.0 Å². The minimum Gasteiger partial charge on any atom is -0.295 e. The molecule has 1 heteroatoms. The molecule has 0 heterocycles. The molecule has 5 unspecified atom stereocenters. The van der Waals surface area contributed by atoms with Gasteiger partial charge < -0.3 is 0 Å². The van der Waals surface area contributed by atoms with Gasteiger partial charge in [0.1, 0.15) is 0 Å². The Bertz CT molecular complexity index is 834. The first-order valence-electron chi connectivity index (χ1n) is 12.5. The highest BCUT2D eigenvalue weighted by Gasteiger charge is 2.53. The van der Waals surface area contributed by atoms with Crippen LogP contribution in [0.2, 0.25) is 0 Å². The summed E-state index contributed by atoms with van der Waals surface area (Å²) in [7, 11) is 0. The van der Waals surface area contributed by atoms with Crippen molar-refractivity contribution in [3.05, 3.63) is 46.6 Å². The van der Waals surface area contributed by atoms with Crippen molar-refractivity contribution < 1.29 is 4.79 Å². The van der Waals surface area contributed by atoms with Gasteiger partial charge in [0, 0.05) is 6.42 Å². The predicted octanol–water partition coefficient (Wildman–Crippen LogP) is 7.99. The van der Waals surface area contributed by atoms with E-state index >= 15 is 0 Å². The van der Waals surface area contributed by atoms with Crippen molar-refractivity contribution in [3.63, 3.8) is 0 Å². The molecule has 0 spiro atoms. The molecule has 5 atom stereocenters. The standard InChI is InChI=1S/C29H42O/c1-7-21(19(2)3)9-8-20(4)25-12-13-26-24-11-10-22-18-23(30)14-16-28(22,5)27(24)15-17-29(25,26)6/h7,10-11,18-20,25,27H,8-9,12-17H2,1-6H3. The normalized spacial score (nSPS) is 37.1. The van der Waals surface area contributed by atoms with Crippen LogP contribution in [0, 0.1) is 34.5 Å². The van der Waals surface area contributed by atoms with Crippen LogP contribution >= 0.6 is 0 Å². The predicted molar refractivity (Wildman–Crippen MR) is 127 cm³/mol. The van der Waals surface area contributed by atoms with E-state index in [1.54, 1.807) is 16.7 Å². The van der Waals surface area contributed by atoms with Gasteiger partial charge in [0.25, 0.3) is 0 Å². The molecule has 30 heavy (non-hydrogen) atoms. The zero-order valence-corrected chi connectivity index (χ0v) is 20.2. The number of rotatable bonds is 5. The van der Waals surface area contributed by atoms with Crippen LogP contribution in [0.3, 0.4) is 0 Å². The van der Waals surface area contributed by atoms with Crippen LogP contribution in [-0.2, 0) is 4.79 Å². The summed E-state index contributed by atoms with van der Waals surface area (Å²) in [6.07, 6.45) is 18.6. The van der Waals surface area contributed by atoms with Crippen LogP contribution in [-0.4, -0.2) is 5.78 Å². The van der Waals surface area contributed by atoms with E-state index in [4.69, 9.17) is 0 Å². The molecule has 0 radical (unpaired) electrons. The van der Waals surface area contributed by atoms with Crippen molar-refractivity contribution in [2.24, 2.45) is 34.5 Å². The highest BCUT2D eigenvalue weighted by molar-refractivity contribution is 5.92. The van der Waals surface area contributed by atoms with Gasteiger partial charge in [-0.15, -0.1) is 0 Å². The number of hydrogen-bond donors (Lipinski definition) is 0. The lowest BCUT2D eigenvalue weighted by Crippen LogP contribution is -2.41. The summed E-state index contributed by atoms with van der Waals surface area (Å²) in [5, 5.41) is 0. The maximum atomic E-state index is 12.0. The first-order chi connectivity index (χ1) is 14.2. The lowest BCUT2D eigenvalue weighted by Gasteiger charge is -2.51. The Hall–Kier alpha value is -1.37. The monoisotopic (exact) mass is 406 g/mol. The molecule has 0 aromatic heterocycles. The van der Waals surface area contributed by atoms with Gasteiger partial charge in [0.05, 0.1) is 0 Å². The molecule has 4 aliphatic carbocycles. The van der Waals surface area contributed by atoms with Crippen molar-refractivity contribution in [2.75, 3.05) is 0 Å². The molecule has 0 aliphatic heterocycles. The first-order valence-corrected chi connectivity index (χ1v) is 12.5. The van der Waals surface area contributed by atoms with Crippen molar-refractivity contribution in [1.29, 1.82) is 0 Å². The van der Waals surface area contributed by atoms with Crippen LogP contribution in [0.1, 0.15) is 92.9 Å². The molecule has 0 saturated heterocycles. The van der Waals surface area contributed by atoms with Gasteiger partial charge in [-0.05, 0) is 104 Å². The Morgan fingerprint density at radius 3 is 2.57 bits per heavy atom. The van der Waals surface area contributed by atoms with Crippen LogP contribution < -0.4 is 0 Å². The quantitative estimate of drug-likeness (QED) is 0.423. The zero-order chi connectivity index (χ0) is 21.7. The highest BCUT2D eigenvalue weighted by Crippen LogP contribution is 2.63. The van der Waals surface area contributed by atoms with E-state index in [1.165, 1.54) is 44.1 Å². The first kappa shape index (κ1) is 21.8. The molecule has 0 aromatic rings. The van der Waals surface area contributed by atoms with Gasteiger partial charge in [0.2, 0.25) is 0 Å². The second kappa shape index (κ2) is 7.95. The maximum absolute atomic E-state index is 12.0. The fourth-order valence-corrected chi connectivity index (χ4v) is 7.63. The van der Waals surface area contributed by atoms with E-state index in [1.807, 2.05) is 6.08 Å². The Balaban J connectivity index is 1.60. The third-order valence-corrected chi connectivity index (χ3v) is 9.66. The summed E-state index contributed by atoms with van der Waals surface area (Å²) in [6.45, 7) is 14.4. The lowest BCUT2D eigenvalue weighted by atomic mass is 9.53. The van der Waals surface area contributed by atoms with E-state index in [-0.39, 0.29) is 5.41 Å². The van der Waals surface area contributed by atoms with Crippen LogP contribution in [0.5, 0.6) is 0 Å². The summed E-state index contributed by atoms with van der Waals surface area (Å²) in [5.74, 6) is 3.21. The molecule has 0 aromatic carbocycles. The van der Waals surface area contributed by atoms with Gasteiger partial charge in [-0.25, -0.2) is 0 Å². The largest absolute Gasteiger partial charge is 0.295 e. The summed E-state index contributed by atoms with van der Waals surface area (Å²) in [6, 6.07) is 0. The Morgan fingerprint density at radius 1 is 1.10 bits per heavy atom. The average Bonchev–Trinajstić information content (AvgIpc) is 3.06. The average molecular weight is 407 g/mol. The molecular formula is C29H42O. The van der Waals surface area contributed by atoms with Gasteiger partial charge in [-0.3, -0.25) is 4.79 Å². The van der Waals surface area contributed by atoms with Crippen LogP contribution in [0.15, 0.2) is 46.6 Å². The van der Waals surface area contributed by atoms with E-state index in [9.17, 15) is 4.79 Å². The number of carbonyl (C=O) groups excluding carboxylic acids is 1. The minimum absolute atomic E-state index is 0.175. The van der Waals surface area contributed by atoms with Gasteiger partial charge in [-0.2, -0.15) is 0 Å². The molecule has 0 N–H and O–H groups in total. The van der Waals surface area contributed by atoms with Crippen LogP contribution in [0.4, 0.5) is 0 Å². The highest BCUT2D eigenvalue weighted by atomic mass is 16.1. The number of hydrogen-bond acceptors (Lipinski definition) is 1. The molecule has 0 amide bonds.